The van der Waals surface area contributed by atoms with E-state index in [1.54, 1.807) is 0 Å². The first-order chi connectivity index (χ1) is 5.66. The van der Waals surface area contributed by atoms with Crippen molar-refractivity contribution in [1.29, 1.82) is 0 Å². The Hall–Kier alpha value is -0.610. The molecule has 1 rings (SSSR count). The fourth-order valence-electron chi connectivity index (χ4n) is 1.24. The van der Waals surface area contributed by atoms with E-state index in [1.807, 2.05) is 6.92 Å². The lowest BCUT2D eigenvalue weighted by Crippen LogP contribution is -2.50. The Labute approximate surface area is 71.9 Å². The van der Waals surface area contributed by atoms with Crippen LogP contribution in [0, 0.1) is 0 Å². The number of amides is 1. The van der Waals surface area contributed by atoms with Gasteiger partial charge in [-0.2, -0.15) is 0 Å². The number of ether oxygens (including phenoxy) is 1. The van der Waals surface area contributed by atoms with Gasteiger partial charge in [0, 0.05) is 13.2 Å². The normalized spacial score (nSPS) is 30.0. The highest BCUT2D eigenvalue weighted by Gasteiger charge is 2.29. The second-order valence-electron chi connectivity index (χ2n) is 3.34. The Kier molecular flexibility index (Phi) is 3.05. The lowest BCUT2D eigenvalue weighted by Gasteiger charge is -2.33. The van der Waals surface area contributed by atoms with Crippen LogP contribution in [-0.4, -0.2) is 36.4 Å². The van der Waals surface area contributed by atoms with Crippen LogP contribution in [0.5, 0.6) is 0 Å². The van der Waals surface area contributed by atoms with Gasteiger partial charge in [0.05, 0.1) is 5.60 Å². The van der Waals surface area contributed by atoms with E-state index in [0.717, 1.165) is 6.42 Å². The summed E-state index contributed by atoms with van der Waals surface area (Å²) in [5.41, 5.74) is -0.281. The molecule has 1 saturated heterocycles. The number of morpholine rings is 1. The van der Waals surface area contributed by atoms with Crippen LogP contribution >= 0.6 is 0 Å². The molecule has 1 atom stereocenters. The number of aliphatic hydroxyl groups excluding tert-OH is 1. The predicted molar refractivity (Wildman–Crippen MR) is 43.7 cm³/mol. The molecule has 0 aromatic carbocycles. The third kappa shape index (κ3) is 2.46. The number of nitrogens with one attached hydrogen (secondary N) is 1. The van der Waals surface area contributed by atoms with Gasteiger partial charge in [0.1, 0.15) is 6.61 Å². The molecule has 1 heterocycles. The zero-order valence-electron chi connectivity index (χ0n) is 7.30. The summed E-state index contributed by atoms with van der Waals surface area (Å²) in [7, 11) is 0. The van der Waals surface area contributed by atoms with Gasteiger partial charge in [0.2, 0.25) is 5.91 Å². The number of carbonyl (C=O) groups is 1. The highest BCUT2D eigenvalue weighted by molar-refractivity contribution is 5.77. The molecule has 70 valence electrons. The van der Waals surface area contributed by atoms with E-state index in [-0.39, 0.29) is 24.7 Å². The molecule has 1 amide bonds. The first kappa shape index (κ1) is 9.48. The minimum absolute atomic E-state index is 0.0588. The van der Waals surface area contributed by atoms with Crippen molar-refractivity contribution < 1.29 is 14.6 Å². The van der Waals surface area contributed by atoms with Crippen LogP contribution in [0.2, 0.25) is 0 Å². The van der Waals surface area contributed by atoms with Crippen LogP contribution in [0.1, 0.15) is 19.8 Å². The summed E-state index contributed by atoms with van der Waals surface area (Å²) in [6, 6.07) is 0. The molecule has 1 fully saturated rings. The second kappa shape index (κ2) is 3.87. The van der Waals surface area contributed by atoms with Crippen molar-refractivity contribution >= 4 is 5.91 Å². The summed E-state index contributed by atoms with van der Waals surface area (Å²) in [5.74, 6) is -0.0588. The molecule has 0 saturated carbocycles. The Morgan fingerprint density at radius 3 is 3.00 bits per heavy atom. The highest BCUT2D eigenvalue weighted by Crippen LogP contribution is 2.18. The zero-order chi connectivity index (χ0) is 9.03. The molecular weight excluding hydrogens is 158 g/mol. The van der Waals surface area contributed by atoms with E-state index in [2.05, 4.69) is 5.32 Å². The molecule has 1 unspecified atom stereocenters. The number of hydrogen-bond acceptors (Lipinski definition) is 3. The summed E-state index contributed by atoms with van der Waals surface area (Å²) >= 11 is 0. The Morgan fingerprint density at radius 1 is 1.75 bits per heavy atom. The lowest BCUT2D eigenvalue weighted by molar-refractivity contribution is -0.142. The first-order valence-corrected chi connectivity index (χ1v) is 4.18. The van der Waals surface area contributed by atoms with E-state index in [0.29, 0.717) is 13.0 Å². The largest absolute Gasteiger partial charge is 0.396 e. The third-order valence-corrected chi connectivity index (χ3v) is 2.07. The average molecular weight is 173 g/mol. The molecule has 0 aromatic heterocycles. The van der Waals surface area contributed by atoms with Gasteiger partial charge < -0.3 is 15.2 Å². The van der Waals surface area contributed by atoms with Crippen molar-refractivity contribution in [1.82, 2.24) is 5.32 Å². The van der Waals surface area contributed by atoms with Crippen molar-refractivity contribution in [2.75, 3.05) is 19.8 Å². The number of rotatable bonds is 3. The summed E-state index contributed by atoms with van der Waals surface area (Å²) in [4.78, 5) is 10.7. The van der Waals surface area contributed by atoms with Gasteiger partial charge in [-0.05, 0) is 19.8 Å². The Bertz CT molecular complexity index is 160. The van der Waals surface area contributed by atoms with E-state index >= 15 is 0 Å². The number of aliphatic hydroxyl groups is 1. The molecule has 12 heavy (non-hydrogen) atoms. The molecule has 0 bridgehead atoms. The SMILES string of the molecule is CC1(CCCO)CNC(=O)CO1. The van der Waals surface area contributed by atoms with Crippen molar-refractivity contribution in [3.63, 3.8) is 0 Å². The van der Waals surface area contributed by atoms with Gasteiger partial charge in [0.15, 0.2) is 0 Å². The maximum absolute atomic E-state index is 10.7. The molecule has 2 N–H and O–H groups in total. The first-order valence-electron chi connectivity index (χ1n) is 4.18. The fraction of sp³-hybridized carbons (Fsp3) is 0.875. The molecule has 4 heteroatoms. The van der Waals surface area contributed by atoms with Crippen LogP contribution in [0.4, 0.5) is 0 Å². The predicted octanol–water partition coefficient (Wildman–Crippen LogP) is -0.336. The summed E-state index contributed by atoms with van der Waals surface area (Å²) in [6.45, 7) is 2.81. The highest BCUT2D eigenvalue weighted by atomic mass is 16.5. The van der Waals surface area contributed by atoms with Crippen molar-refractivity contribution in [3.05, 3.63) is 0 Å². The van der Waals surface area contributed by atoms with E-state index in [4.69, 9.17) is 9.84 Å². The van der Waals surface area contributed by atoms with Crippen LogP contribution in [0.3, 0.4) is 0 Å². The molecular formula is C8H15NO3. The van der Waals surface area contributed by atoms with E-state index in [9.17, 15) is 4.79 Å². The molecule has 1 aliphatic rings. The van der Waals surface area contributed by atoms with Gasteiger partial charge >= 0.3 is 0 Å². The molecule has 1 aliphatic heterocycles. The fourth-order valence-corrected chi connectivity index (χ4v) is 1.24. The van der Waals surface area contributed by atoms with Crippen LogP contribution in [0.25, 0.3) is 0 Å². The van der Waals surface area contributed by atoms with Gasteiger partial charge in [-0.3, -0.25) is 4.79 Å². The summed E-state index contributed by atoms with van der Waals surface area (Å²) in [5, 5.41) is 11.4. The minimum atomic E-state index is -0.281. The van der Waals surface area contributed by atoms with Crippen molar-refractivity contribution in [3.8, 4) is 0 Å². The van der Waals surface area contributed by atoms with Crippen LogP contribution < -0.4 is 5.32 Å². The third-order valence-electron chi connectivity index (χ3n) is 2.07. The summed E-state index contributed by atoms with van der Waals surface area (Å²) in [6.07, 6.45) is 1.50. The molecule has 0 spiro atoms. The number of hydrogen-bond donors (Lipinski definition) is 2. The lowest BCUT2D eigenvalue weighted by atomic mass is 9.99. The van der Waals surface area contributed by atoms with Gasteiger partial charge in [0.25, 0.3) is 0 Å². The van der Waals surface area contributed by atoms with Crippen LogP contribution in [-0.2, 0) is 9.53 Å². The van der Waals surface area contributed by atoms with E-state index < -0.39 is 0 Å². The molecule has 0 aliphatic carbocycles. The number of carbonyl (C=O) groups excluding carboxylic acids is 1. The van der Waals surface area contributed by atoms with Gasteiger partial charge in [-0.15, -0.1) is 0 Å². The summed E-state index contributed by atoms with van der Waals surface area (Å²) < 4.78 is 5.36. The topological polar surface area (TPSA) is 58.6 Å². The monoisotopic (exact) mass is 173 g/mol. The molecule has 0 aromatic rings. The van der Waals surface area contributed by atoms with Crippen molar-refractivity contribution in [2.24, 2.45) is 0 Å². The van der Waals surface area contributed by atoms with Crippen molar-refractivity contribution in [2.45, 2.75) is 25.4 Å². The minimum Gasteiger partial charge on any atom is -0.396 e. The average Bonchev–Trinajstić information content (AvgIpc) is 2.08. The van der Waals surface area contributed by atoms with Gasteiger partial charge in [-0.25, -0.2) is 0 Å². The van der Waals surface area contributed by atoms with Crippen LogP contribution in [0.15, 0.2) is 0 Å². The van der Waals surface area contributed by atoms with Gasteiger partial charge in [-0.1, -0.05) is 0 Å². The Morgan fingerprint density at radius 2 is 2.50 bits per heavy atom. The van der Waals surface area contributed by atoms with E-state index in [1.165, 1.54) is 0 Å². The standard InChI is InChI=1S/C8H15NO3/c1-8(3-2-4-10)6-9-7(11)5-12-8/h10H,2-6H2,1H3,(H,9,11). The Balaban J connectivity index is 2.34. The molecule has 0 radical (unpaired) electrons. The quantitative estimate of drug-likeness (QED) is 0.614. The maximum atomic E-state index is 10.7. The zero-order valence-corrected chi connectivity index (χ0v) is 7.30. The second-order valence-corrected chi connectivity index (χ2v) is 3.34. The maximum Gasteiger partial charge on any atom is 0.246 e. The smallest absolute Gasteiger partial charge is 0.246 e. The molecule has 4 nitrogen and oxygen atoms in total.